The Bertz CT molecular complexity index is 340. The maximum Gasteiger partial charge on any atom is 0.406 e. The van der Waals surface area contributed by atoms with Gasteiger partial charge in [-0.15, -0.1) is 0 Å². The van der Waals surface area contributed by atoms with Crippen LogP contribution in [0.25, 0.3) is 0 Å². The highest BCUT2D eigenvalue weighted by atomic mass is 16.6. The molecule has 76 valence electrons. The second kappa shape index (κ2) is 4.40. The van der Waals surface area contributed by atoms with Crippen LogP contribution in [0.3, 0.4) is 0 Å². The Morgan fingerprint density at radius 3 is 2.86 bits per heavy atom. The monoisotopic (exact) mass is 198 g/mol. The van der Waals surface area contributed by atoms with Gasteiger partial charge in [0.15, 0.2) is 11.9 Å². The van der Waals surface area contributed by atoms with Crippen LogP contribution in [0.2, 0.25) is 0 Å². The number of nitrogens with zero attached hydrogens (tertiary/aromatic N) is 2. The molecule has 0 spiro atoms. The van der Waals surface area contributed by atoms with E-state index in [0.717, 1.165) is 0 Å². The third-order valence-electron chi connectivity index (χ3n) is 1.51. The van der Waals surface area contributed by atoms with Crippen molar-refractivity contribution in [3.63, 3.8) is 0 Å². The van der Waals surface area contributed by atoms with Gasteiger partial charge in [-0.1, -0.05) is 0 Å². The van der Waals surface area contributed by atoms with Gasteiger partial charge in [0.1, 0.15) is 0 Å². The van der Waals surface area contributed by atoms with E-state index in [2.05, 4.69) is 4.98 Å². The molecule has 0 aliphatic rings. The molecule has 0 bridgehead atoms. The van der Waals surface area contributed by atoms with E-state index in [0.29, 0.717) is 12.4 Å². The smallest absolute Gasteiger partial charge is 0.406 e. The van der Waals surface area contributed by atoms with Gasteiger partial charge in [-0.3, -0.25) is 0 Å². The van der Waals surface area contributed by atoms with Gasteiger partial charge in [-0.25, -0.2) is 0 Å². The quantitative estimate of drug-likeness (QED) is 0.540. The van der Waals surface area contributed by atoms with Crippen molar-refractivity contribution in [1.82, 2.24) is 4.98 Å². The lowest BCUT2D eigenvalue weighted by atomic mass is 10.4. The first-order valence-corrected chi connectivity index (χ1v) is 4.00. The Morgan fingerprint density at radius 1 is 1.64 bits per heavy atom. The zero-order valence-corrected chi connectivity index (χ0v) is 7.89. The average molecular weight is 198 g/mol. The van der Waals surface area contributed by atoms with Crippen molar-refractivity contribution in [2.75, 3.05) is 13.7 Å². The molecule has 0 saturated carbocycles. The molecule has 6 nitrogen and oxygen atoms in total. The molecule has 0 atom stereocenters. The number of nitro groups is 1. The molecule has 0 fully saturated rings. The Kier molecular flexibility index (Phi) is 3.22. The number of hydrogen-bond acceptors (Lipinski definition) is 5. The van der Waals surface area contributed by atoms with Gasteiger partial charge in [0.05, 0.1) is 13.7 Å². The van der Waals surface area contributed by atoms with Crippen LogP contribution in [0.4, 0.5) is 5.82 Å². The summed E-state index contributed by atoms with van der Waals surface area (Å²) in [6, 6.07) is 1.44. The van der Waals surface area contributed by atoms with Crippen molar-refractivity contribution < 1.29 is 14.4 Å². The van der Waals surface area contributed by atoms with Crippen molar-refractivity contribution >= 4 is 5.82 Å². The number of methoxy groups -OCH3 is 1. The molecule has 0 N–H and O–H groups in total. The highest BCUT2D eigenvalue weighted by molar-refractivity contribution is 5.43. The van der Waals surface area contributed by atoms with E-state index in [9.17, 15) is 10.1 Å². The fourth-order valence-corrected chi connectivity index (χ4v) is 0.952. The van der Waals surface area contributed by atoms with Crippen molar-refractivity contribution in [3.8, 4) is 11.5 Å². The molecule has 0 aliphatic heterocycles. The van der Waals surface area contributed by atoms with E-state index in [-0.39, 0.29) is 11.6 Å². The highest BCUT2D eigenvalue weighted by Gasteiger charge is 2.17. The molecule has 14 heavy (non-hydrogen) atoms. The van der Waals surface area contributed by atoms with Gasteiger partial charge < -0.3 is 19.6 Å². The largest absolute Gasteiger partial charge is 0.490 e. The molecular formula is C8H10N2O4. The average Bonchev–Trinajstić information content (AvgIpc) is 2.17. The van der Waals surface area contributed by atoms with E-state index in [1.165, 1.54) is 19.4 Å². The summed E-state index contributed by atoms with van der Waals surface area (Å²) in [5.41, 5.74) is 0. The molecule has 1 heterocycles. The summed E-state index contributed by atoms with van der Waals surface area (Å²) < 4.78 is 9.93. The topological polar surface area (TPSA) is 74.5 Å². The first kappa shape index (κ1) is 10.2. The minimum absolute atomic E-state index is 0.0981. The fraction of sp³-hybridized carbons (Fsp3) is 0.375. The van der Waals surface area contributed by atoms with Crippen LogP contribution in [0.5, 0.6) is 11.5 Å². The summed E-state index contributed by atoms with van der Waals surface area (Å²) in [6.45, 7) is 2.29. The van der Waals surface area contributed by atoms with Gasteiger partial charge in [0, 0.05) is 6.07 Å². The number of pyridine rings is 1. The summed E-state index contributed by atoms with van der Waals surface area (Å²) in [4.78, 5) is 13.5. The summed E-state index contributed by atoms with van der Waals surface area (Å²) >= 11 is 0. The third-order valence-corrected chi connectivity index (χ3v) is 1.51. The molecular weight excluding hydrogens is 188 g/mol. The summed E-state index contributed by atoms with van der Waals surface area (Å²) in [5, 5.41) is 10.5. The Labute approximate surface area is 80.6 Å². The van der Waals surface area contributed by atoms with Crippen LogP contribution < -0.4 is 9.47 Å². The second-order valence-corrected chi connectivity index (χ2v) is 2.39. The molecule has 6 heteroatoms. The molecule has 0 amide bonds. The maximum absolute atomic E-state index is 10.5. The summed E-state index contributed by atoms with van der Waals surface area (Å²) in [7, 11) is 1.35. The number of rotatable bonds is 4. The Morgan fingerprint density at radius 2 is 2.36 bits per heavy atom. The van der Waals surface area contributed by atoms with E-state index in [1.807, 2.05) is 6.92 Å². The van der Waals surface area contributed by atoms with Crippen molar-refractivity contribution in [2.45, 2.75) is 6.92 Å². The third kappa shape index (κ3) is 2.09. The van der Waals surface area contributed by atoms with E-state index < -0.39 is 4.92 Å². The van der Waals surface area contributed by atoms with Crippen LogP contribution in [0.1, 0.15) is 6.92 Å². The number of ether oxygens (including phenoxy) is 2. The van der Waals surface area contributed by atoms with Gasteiger partial charge in [-0.2, -0.15) is 0 Å². The Hall–Kier alpha value is -1.85. The lowest BCUT2D eigenvalue weighted by Crippen LogP contribution is -1.98. The second-order valence-electron chi connectivity index (χ2n) is 2.39. The van der Waals surface area contributed by atoms with Crippen LogP contribution in [0.15, 0.2) is 12.3 Å². The van der Waals surface area contributed by atoms with Crippen LogP contribution in [-0.2, 0) is 0 Å². The Balaban J connectivity index is 3.05. The molecule has 0 radical (unpaired) electrons. The zero-order valence-electron chi connectivity index (χ0n) is 7.89. The number of hydrogen-bond donors (Lipinski definition) is 0. The first-order chi connectivity index (χ1) is 6.69. The van der Waals surface area contributed by atoms with Crippen LogP contribution in [-0.4, -0.2) is 23.6 Å². The summed E-state index contributed by atoms with van der Waals surface area (Å²) in [5.74, 6) is 0.242. The van der Waals surface area contributed by atoms with Gasteiger partial charge >= 0.3 is 5.82 Å². The molecule has 0 unspecified atom stereocenters. The van der Waals surface area contributed by atoms with E-state index in [4.69, 9.17) is 9.47 Å². The molecule has 1 aromatic heterocycles. The lowest BCUT2D eigenvalue weighted by Gasteiger charge is -2.03. The van der Waals surface area contributed by atoms with Gasteiger partial charge in [0.2, 0.25) is 5.75 Å². The highest BCUT2D eigenvalue weighted by Crippen LogP contribution is 2.27. The fourth-order valence-electron chi connectivity index (χ4n) is 0.952. The lowest BCUT2D eigenvalue weighted by molar-refractivity contribution is -0.390. The zero-order chi connectivity index (χ0) is 10.6. The predicted molar refractivity (Wildman–Crippen MR) is 48.6 cm³/mol. The van der Waals surface area contributed by atoms with E-state index in [1.54, 1.807) is 0 Å². The van der Waals surface area contributed by atoms with Crippen molar-refractivity contribution in [2.24, 2.45) is 0 Å². The molecule has 1 rings (SSSR count). The number of aromatic nitrogens is 1. The normalized spacial score (nSPS) is 9.57. The molecule has 0 aromatic carbocycles. The standard InChI is InChI=1S/C8H10N2O4/c1-3-14-6-4-7(13-2)8(9-5-6)10(11)12/h4-5H,3H2,1-2H3. The van der Waals surface area contributed by atoms with Crippen LogP contribution >= 0.6 is 0 Å². The van der Waals surface area contributed by atoms with Crippen molar-refractivity contribution in [1.29, 1.82) is 0 Å². The predicted octanol–water partition coefficient (Wildman–Crippen LogP) is 1.40. The SMILES string of the molecule is CCOc1cnc([N+](=O)[O-])c(OC)c1. The maximum atomic E-state index is 10.5. The van der Waals surface area contributed by atoms with Crippen molar-refractivity contribution in [3.05, 3.63) is 22.4 Å². The van der Waals surface area contributed by atoms with Gasteiger partial charge in [0.25, 0.3) is 0 Å². The minimum Gasteiger partial charge on any atom is -0.490 e. The molecule has 0 saturated heterocycles. The molecule has 1 aromatic rings. The van der Waals surface area contributed by atoms with Crippen LogP contribution in [0, 0.1) is 10.1 Å². The first-order valence-electron chi connectivity index (χ1n) is 4.00. The minimum atomic E-state index is -0.603. The summed E-state index contributed by atoms with van der Waals surface area (Å²) in [6.07, 6.45) is 1.30. The van der Waals surface area contributed by atoms with Gasteiger partial charge in [-0.05, 0) is 16.8 Å². The molecule has 0 aliphatic carbocycles. The van der Waals surface area contributed by atoms with E-state index >= 15 is 0 Å².